The first-order valence-electron chi connectivity index (χ1n) is 7.94. The van der Waals surface area contributed by atoms with Crippen LogP contribution >= 0.6 is 11.8 Å². The number of fused-ring (bicyclic) bond motifs is 3. The zero-order chi connectivity index (χ0) is 17.6. The number of rotatable bonds is 7. The van der Waals surface area contributed by atoms with E-state index < -0.39 is 0 Å². The number of aromatic nitrogens is 4. The maximum absolute atomic E-state index is 11.8. The SMILES string of the molecule is CCCNC(=O)CNC(=O)CSc1nnc2c(n1)[nH]c1ccccc12. The molecule has 130 valence electrons. The summed E-state index contributed by atoms with van der Waals surface area (Å²) >= 11 is 1.17. The molecule has 9 heteroatoms. The van der Waals surface area contributed by atoms with Crippen LogP contribution in [0.5, 0.6) is 0 Å². The number of hydrogen-bond acceptors (Lipinski definition) is 6. The second-order valence-corrected chi connectivity index (χ2v) is 6.32. The minimum Gasteiger partial charge on any atom is -0.355 e. The van der Waals surface area contributed by atoms with Crippen molar-refractivity contribution < 1.29 is 9.59 Å². The average molecular weight is 358 g/mol. The van der Waals surface area contributed by atoms with Crippen molar-refractivity contribution in [1.29, 1.82) is 0 Å². The van der Waals surface area contributed by atoms with E-state index in [0.29, 0.717) is 22.9 Å². The Bertz CT molecular complexity index is 910. The summed E-state index contributed by atoms with van der Waals surface area (Å²) in [4.78, 5) is 30.8. The Morgan fingerprint density at radius 1 is 1.16 bits per heavy atom. The van der Waals surface area contributed by atoms with E-state index in [1.165, 1.54) is 11.8 Å². The van der Waals surface area contributed by atoms with Gasteiger partial charge in [-0.3, -0.25) is 9.59 Å². The van der Waals surface area contributed by atoms with E-state index in [2.05, 4.69) is 30.8 Å². The minimum absolute atomic E-state index is 0.0282. The van der Waals surface area contributed by atoms with Crippen LogP contribution in [0.1, 0.15) is 13.3 Å². The maximum Gasteiger partial charge on any atom is 0.239 e. The summed E-state index contributed by atoms with van der Waals surface area (Å²) in [5.41, 5.74) is 2.28. The van der Waals surface area contributed by atoms with Gasteiger partial charge in [0.05, 0.1) is 12.3 Å². The van der Waals surface area contributed by atoms with Gasteiger partial charge in [-0.05, 0) is 12.5 Å². The Morgan fingerprint density at radius 2 is 2.00 bits per heavy atom. The number of nitrogens with zero attached hydrogens (tertiary/aromatic N) is 3. The molecule has 25 heavy (non-hydrogen) atoms. The summed E-state index contributed by atoms with van der Waals surface area (Å²) in [5.74, 6) is -0.330. The molecule has 0 radical (unpaired) electrons. The van der Waals surface area contributed by atoms with Gasteiger partial charge in [-0.2, -0.15) is 0 Å². The van der Waals surface area contributed by atoms with Crippen LogP contribution < -0.4 is 10.6 Å². The molecule has 3 N–H and O–H groups in total. The first-order chi connectivity index (χ1) is 12.2. The summed E-state index contributed by atoms with van der Waals surface area (Å²) in [6, 6.07) is 7.76. The Morgan fingerprint density at radius 3 is 2.84 bits per heavy atom. The summed E-state index contributed by atoms with van der Waals surface area (Å²) in [7, 11) is 0. The number of H-pyrrole nitrogens is 1. The van der Waals surface area contributed by atoms with Gasteiger partial charge >= 0.3 is 0 Å². The van der Waals surface area contributed by atoms with E-state index in [-0.39, 0.29) is 24.1 Å². The number of thioether (sulfide) groups is 1. The van der Waals surface area contributed by atoms with Crippen molar-refractivity contribution in [2.24, 2.45) is 0 Å². The third kappa shape index (κ3) is 4.24. The Balaban J connectivity index is 1.57. The monoisotopic (exact) mass is 358 g/mol. The maximum atomic E-state index is 11.8. The summed E-state index contributed by atoms with van der Waals surface area (Å²) in [5, 5.41) is 14.9. The Labute approximate surface area is 148 Å². The highest BCUT2D eigenvalue weighted by Gasteiger charge is 2.11. The first kappa shape index (κ1) is 17.2. The predicted molar refractivity (Wildman–Crippen MR) is 96.2 cm³/mol. The molecule has 0 bridgehead atoms. The van der Waals surface area contributed by atoms with E-state index in [1.807, 2.05) is 31.2 Å². The number of aromatic amines is 1. The predicted octanol–water partition coefficient (Wildman–Crippen LogP) is 1.24. The molecule has 0 aliphatic carbocycles. The number of carbonyl (C=O) groups excluding carboxylic acids is 2. The molecule has 8 nitrogen and oxygen atoms in total. The largest absolute Gasteiger partial charge is 0.355 e. The molecule has 2 aromatic heterocycles. The second kappa shape index (κ2) is 7.93. The minimum atomic E-state index is -0.253. The number of carbonyl (C=O) groups is 2. The molecular weight excluding hydrogens is 340 g/mol. The fraction of sp³-hybridized carbons (Fsp3) is 0.312. The van der Waals surface area contributed by atoms with Crippen LogP contribution in [-0.4, -0.2) is 50.8 Å². The number of para-hydroxylation sites is 1. The molecule has 0 spiro atoms. The van der Waals surface area contributed by atoms with Gasteiger partial charge < -0.3 is 15.6 Å². The van der Waals surface area contributed by atoms with Crippen LogP contribution in [-0.2, 0) is 9.59 Å². The Kier molecular flexibility index (Phi) is 5.44. The van der Waals surface area contributed by atoms with Crippen LogP contribution in [0.4, 0.5) is 0 Å². The molecule has 0 unspecified atom stereocenters. The van der Waals surface area contributed by atoms with Crippen molar-refractivity contribution in [3.05, 3.63) is 24.3 Å². The summed E-state index contributed by atoms with van der Waals surface area (Å²) in [6.07, 6.45) is 0.857. The zero-order valence-corrected chi connectivity index (χ0v) is 14.5. The molecule has 3 aromatic rings. The standard InChI is InChI=1S/C16H18N6O2S/c1-2-7-17-12(23)8-18-13(24)9-25-16-20-15-14(21-22-16)10-5-3-4-6-11(10)19-15/h3-6H,2,7-9H2,1H3,(H,17,23)(H,18,24)(H,19,20,22). The number of amides is 2. The van der Waals surface area contributed by atoms with E-state index in [4.69, 9.17) is 0 Å². The molecule has 0 saturated heterocycles. The van der Waals surface area contributed by atoms with Crippen molar-refractivity contribution in [3.8, 4) is 0 Å². The normalized spacial score (nSPS) is 10.9. The molecule has 3 rings (SSSR count). The summed E-state index contributed by atoms with van der Waals surface area (Å²) in [6.45, 7) is 2.54. The third-order valence-electron chi connectivity index (χ3n) is 3.45. The lowest BCUT2D eigenvalue weighted by atomic mass is 10.2. The fourth-order valence-electron chi connectivity index (χ4n) is 2.25. The van der Waals surface area contributed by atoms with E-state index in [0.717, 1.165) is 17.3 Å². The van der Waals surface area contributed by atoms with Crippen molar-refractivity contribution >= 4 is 45.6 Å². The van der Waals surface area contributed by atoms with Gasteiger partial charge in [0, 0.05) is 17.4 Å². The molecule has 2 heterocycles. The van der Waals surface area contributed by atoms with Gasteiger partial charge in [0.25, 0.3) is 0 Å². The molecule has 0 aliphatic heterocycles. The van der Waals surface area contributed by atoms with Crippen LogP contribution in [0.2, 0.25) is 0 Å². The molecule has 0 saturated carbocycles. The van der Waals surface area contributed by atoms with E-state index >= 15 is 0 Å². The lowest BCUT2D eigenvalue weighted by molar-refractivity contribution is -0.124. The third-order valence-corrected chi connectivity index (χ3v) is 4.29. The van der Waals surface area contributed by atoms with Crippen LogP contribution in [0.25, 0.3) is 22.1 Å². The quantitative estimate of drug-likeness (QED) is 0.548. The Hall–Kier alpha value is -2.68. The van der Waals surface area contributed by atoms with Crippen molar-refractivity contribution in [3.63, 3.8) is 0 Å². The molecule has 0 atom stereocenters. The number of nitrogens with one attached hydrogen (secondary N) is 3. The van der Waals surface area contributed by atoms with Gasteiger partial charge in [0.2, 0.25) is 17.0 Å². The summed E-state index contributed by atoms with van der Waals surface area (Å²) < 4.78 is 0. The highest BCUT2D eigenvalue weighted by molar-refractivity contribution is 7.99. The molecular formula is C16H18N6O2S. The lowest BCUT2D eigenvalue weighted by Gasteiger charge is -2.05. The molecule has 1 aromatic carbocycles. The smallest absolute Gasteiger partial charge is 0.239 e. The number of hydrogen-bond donors (Lipinski definition) is 3. The van der Waals surface area contributed by atoms with Gasteiger partial charge in [0.15, 0.2) is 5.65 Å². The topological polar surface area (TPSA) is 113 Å². The van der Waals surface area contributed by atoms with Crippen LogP contribution in [0.15, 0.2) is 29.4 Å². The molecule has 2 amide bonds. The van der Waals surface area contributed by atoms with Crippen molar-refractivity contribution in [1.82, 2.24) is 30.8 Å². The fourth-order valence-corrected chi connectivity index (χ4v) is 2.87. The first-order valence-corrected chi connectivity index (χ1v) is 8.93. The van der Waals surface area contributed by atoms with E-state index in [1.54, 1.807) is 0 Å². The average Bonchev–Trinajstić information content (AvgIpc) is 3.00. The molecule has 0 fully saturated rings. The van der Waals surface area contributed by atoms with Crippen molar-refractivity contribution in [2.75, 3.05) is 18.8 Å². The van der Waals surface area contributed by atoms with Crippen LogP contribution in [0, 0.1) is 0 Å². The second-order valence-electron chi connectivity index (χ2n) is 5.38. The van der Waals surface area contributed by atoms with Gasteiger partial charge in [-0.25, -0.2) is 4.98 Å². The van der Waals surface area contributed by atoms with Crippen LogP contribution in [0.3, 0.4) is 0 Å². The van der Waals surface area contributed by atoms with E-state index in [9.17, 15) is 9.59 Å². The number of benzene rings is 1. The zero-order valence-electron chi connectivity index (χ0n) is 13.7. The highest BCUT2D eigenvalue weighted by Crippen LogP contribution is 2.22. The van der Waals surface area contributed by atoms with Gasteiger partial charge in [-0.1, -0.05) is 36.9 Å². The lowest BCUT2D eigenvalue weighted by Crippen LogP contribution is -2.37. The molecule has 0 aliphatic rings. The highest BCUT2D eigenvalue weighted by atomic mass is 32.2. The van der Waals surface area contributed by atoms with Gasteiger partial charge in [-0.15, -0.1) is 10.2 Å². The van der Waals surface area contributed by atoms with Crippen molar-refractivity contribution in [2.45, 2.75) is 18.5 Å². The van der Waals surface area contributed by atoms with Gasteiger partial charge in [0.1, 0.15) is 5.52 Å².